The number of amides is 1. The number of nitrogens with one attached hydrogen (secondary N) is 2. The van der Waals surface area contributed by atoms with Crippen LogP contribution in [0.3, 0.4) is 0 Å². The zero-order valence-corrected chi connectivity index (χ0v) is 11.3. The van der Waals surface area contributed by atoms with Gasteiger partial charge in [0.25, 0.3) is 0 Å². The third-order valence-corrected chi connectivity index (χ3v) is 3.69. The van der Waals surface area contributed by atoms with E-state index in [1.54, 1.807) is 11.8 Å². The predicted octanol–water partition coefficient (Wildman–Crippen LogP) is 2.26. The number of hydrogen-bond donors (Lipinski definition) is 2. The van der Waals surface area contributed by atoms with Gasteiger partial charge in [0, 0.05) is 10.6 Å². The second-order valence-electron chi connectivity index (χ2n) is 3.36. The molecule has 7 heteroatoms. The van der Waals surface area contributed by atoms with E-state index in [1.807, 2.05) is 30.5 Å². The van der Waals surface area contributed by atoms with E-state index in [9.17, 15) is 4.79 Å². The van der Waals surface area contributed by atoms with Gasteiger partial charge in [-0.1, -0.05) is 17.8 Å². The van der Waals surface area contributed by atoms with Crippen LogP contribution in [0.1, 0.15) is 0 Å². The number of H-pyrrole nitrogens is 1. The van der Waals surface area contributed by atoms with Crippen molar-refractivity contribution >= 4 is 35.1 Å². The minimum Gasteiger partial charge on any atom is -0.325 e. The quantitative estimate of drug-likeness (QED) is 0.822. The van der Waals surface area contributed by atoms with E-state index in [2.05, 4.69) is 20.5 Å². The maximum Gasteiger partial charge on any atom is 0.234 e. The highest BCUT2D eigenvalue weighted by Crippen LogP contribution is 2.19. The fraction of sp³-hybridized carbons (Fsp3) is 0.182. The summed E-state index contributed by atoms with van der Waals surface area (Å²) < 4.78 is 0. The van der Waals surface area contributed by atoms with Crippen LogP contribution in [0.2, 0.25) is 0 Å². The molecule has 0 radical (unpaired) electrons. The van der Waals surface area contributed by atoms with Crippen molar-refractivity contribution in [2.24, 2.45) is 0 Å². The molecule has 0 aliphatic carbocycles. The number of anilines is 1. The first-order valence-corrected chi connectivity index (χ1v) is 7.41. The summed E-state index contributed by atoms with van der Waals surface area (Å²) in [5, 5.41) is 9.89. The van der Waals surface area contributed by atoms with E-state index in [4.69, 9.17) is 0 Å². The number of rotatable bonds is 5. The van der Waals surface area contributed by atoms with E-state index in [0.717, 1.165) is 10.6 Å². The highest BCUT2D eigenvalue weighted by molar-refractivity contribution is 7.99. The fourth-order valence-electron chi connectivity index (χ4n) is 1.30. The van der Waals surface area contributed by atoms with E-state index in [-0.39, 0.29) is 5.91 Å². The molecule has 5 nitrogen and oxygen atoms in total. The number of aromatic nitrogens is 3. The maximum absolute atomic E-state index is 11.7. The van der Waals surface area contributed by atoms with E-state index < -0.39 is 0 Å². The van der Waals surface area contributed by atoms with Gasteiger partial charge >= 0.3 is 0 Å². The molecule has 0 unspecified atom stereocenters. The molecule has 2 aromatic rings. The van der Waals surface area contributed by atoms with E-state index >= 15 is 0 Å². The molecule has 0 saturated heterocycles. The van der Waals surface area contributed by atoms with Crippen molar-refractivity contribution in [1.29, 1.82) is 0 Å². The standard InChI is InChI=1S/C11H12N4OS2/c1-17-9-4-2-3-8(5-9)14-10(16)6-18-11-12-7-13-15-11/h2-5,7H,6H2,1H3,(H,14,16)(H,12,13,15). The summed E-state index contributed by atoms with van der Waals surface area (Å²) in [5.41, 5.74) is 0.810. The summed E-state index contributed by atoms with van der Waals surface area (Å²) in [4.78, 5) is 16.8. The van der Waals surface area contributed by atoms with Crippen LogP contribution in [0.15, 0.2) is 40.6 Å². The van der Waals surface area contributed by atoms with Crippen molar-refractivity contribution in [3.8, 4) is 0 Å². The lowest BCUT2D eigenvalue weighted by Crippen LogP contribution is -2.14. The van der Waals surface area contributed by atoms with Gasteiger partial charge in [-0.3, -0.25) is 9.89 Å². The highest BCUT2D eigenvalue weighted by Gasteiger charge is 2.05. The topological polar surface area (TPSA) is 70.7 Å². The molecule has 18 heavy (non-hydrogen) atoms. The molecule has 1 amide bonds. The molecular formula is C11H12N4OS2. The first kappa shape index (κ1) is 13.0. The minimum absolute atomic E-state index is 0.0605. The van der Waals surface area contributed by atoms with Crippen LogP contribution in [0.5, 0.6) is 0 Å². The van der Waals surface area contributed by atoms with Crippen LogP contribution in [0, 0.1) is 0 Å². The largest absolute Gasteiger partial charge is 0.325 e. The van der Waals surface area contributed by atoms with Gasteiger partial charge in [-0.05, 0) is 24.5 Å². The SMILES string of the molecule is CSc1cccc(NC(=O)CSc2ncn[nH]2)c1. The molecular weight excluding hydrogens is 268 g/mol. The molecule has 0 spiro atoms. The number of carbonyl (C=O) groups is 1. The first-order chi connectivity index (χ1) is 8.78. The van der Waals surface area contributed by atoms with Gasteiger partial charge < -0.3 is 5.32 Å². The summed E-state index contributed by atoms with van der Waals surface area (Å²) in [7, 11) is 0. The zero-order valence-electron chi connectivity index (χ0n) is 9.71. The summed E-state index contributed by atoms with van der Waals surface area (Å²) in [6, 6.07) is 7.74. The smallest absolute Gasteiger partial charge is 0.234 e. The lowest BCUT2D eigenvalue weighted by atomic mass is 10.3. The van der Waals surface area contributed by atoms with E-state index in [1.165, 1.54) is 18.1 Å². The van der Waals surface area contributed by atoms with Crippen LogP contribution in [-0.4, -0.2) is 33.1 Å². The lowest BCUT2D eigenvalue weighted by Gasteiger charge is -2.05. The van der Waals surface area contributed by atoms with Crippen LogP contribution in [0.25, 0.3) is 0 Å². The van der Waals surface area contributed by atoms with Gasteiger partial charge in [0.2, 0.25) is 5.91 Å². The molecule has 1 aromatic carbocycles. The molecule has 0 bridgehead atoms. The Morgan fingerprint density at radius 3 is 3.11 bits per heavy atom. The molecule has 1 heterocycles. The molecule has 0 aliphatic rings. The minimum atomic E-state index is -0.0605. The number of carbonyl (C=O) groups excluding carboxylic acids is 1. The second-order valence-corrected chi connectivity index (χ2v) is 5.20. The van der Waals surface area contributed by atoms with Crippen LogP contribution < -0.4 is 5.32 Å². The van der Waals surface area contributed by atoms with Crippen LogP contribution in [0.4, 0.5) is 5.69 Å². The third-order valence-electron chi connectivity index (χ3n) is 2.09. The van der Waals surface area contributed by atoms with Gasteiger partial charge in [-0.2, -0.15) is 5.10 Å². The fourth-order valence-corrected chi connectivity index (χ4v) is 2.33. The highest BCUT2D eigenvalue weighted by atomic mass is 32.2. The third kappa shape index (κ3) is 3.78. The Morgan fingerprint density at radius 2 is 2.39 bits per heavy atom. The Hall–Kier alpha value is -1.47. The van der Waals surface area contributed by atoms with Crippen molar-refractivity contribution < 1.29 is 4.79 Å². The Balaban J connectivity index is 1.86. The zero-order chi connectivity index (χ0) is 12.8. The van der Waals surface area contributed by atoms with Gasteiger partial charge in [0.05, 0.1) is 5.75 Å². The molecule has 0 atom stereocenters. The first-order valence-electron chi connectivity index (χ1n) is 5.20. The van der Waals surface area contributed by atoms with Crippen molar-refractivity contribution in [3.05, 3.63) is 30.6 Å². The number of hydrogen-bond acceptors (Lipinski definition) is 5. The summed E-state index contributed by atoms with van der Waals surface area (Å²) >= 11 is 2.96. The van der Waals surface area contributed by atoms with Crippen LogP contribution in [-0.2, 0) is 4.79 Å². The van der Waals surface area contributed by atoms with Gasteiger partial charge in [0.1, 0.15) is 6.33 Å². The van der Waals surface area contributed by atoms with E-state index in [0.29, 0.717) is 10.9 Å². The molecule has 0 aliphatic heterocycles. The maximum atomic E-state index is 11.7. The number of nitrogens with zero attached hydrogens (tertiary/aromatic N) is 2. The Labute approximate surface area is 113 Å². The van der Waals surface area contributed by atoms with Crippen molar-refractivity contribution in [3.63, 3.8) is 0 Å². The lowest BCUT2D eigenvalue weighted by molar-refractivity contribution is -0.113. The van der Waals surface area contributed by atoms with Gasteiger partial charge in [-0.25, -0.2) is 4.98 Å². The summed E-state index contributed by atoms with van der Waals surface area (Å²) in [6.07, 6.45) is 3.42. The van der Waals surface area contributed by atoms with Crippen molar-refractivity contribution in [2.45, 2.75) is 10.1 Å². The summed E-state index contributed by atoms with van der Waals surface area (Å²) in [5.74, 6) is 0.244. The number of thioether (sulfide) groups is 2. The monoisotopic (exact) mass is 280 g/mol. The predicted molar refractivity (Wildman–Crippen MR) is 74.0 cm³/mol. The molecule has 1 aromatic heterocycles. The Bertz CT molecular complexity index is 516. The molecule has 0 fully saturated rings. The van der Waals surface area contributed by atoms with Crippen molar-refractivity contribution in [2.75, 3.05) is 17.3 Å². The number of benzene rings is 1. The Kier molecular flexibility index (Phi) is 4.66. The van der Waals surface area contributed by atoms with Gasteiger partial charge in [-0.15, -0.1) is 11.8 Å². The molecule has 94 valence electrons. The van der Waals surface area contributed by atoms with Crippen molar-refractivity contribution in [1.82, 2.24) is 15.2 Å². The normalized spacial score (nSPS) is 10.3. The Morgan fingerprint density at radius 1 is 1.50 bits per heavy atom. The summed E-state index contributed by atoms with van der Waals surface area (Å²) in [6.45, 7) is 0. The average Bonchev–Trinajstić information content (AvgIpc) is 2.90. The molecule has 2 rings (SSSR count). The molecule has 0 saturated carbocycles. The average molecular weight is 280 g/mol. The van der Waals surface area contributed by atoms with Gasteiger partial charge in [0.15, 0.2) is 5.16 Å². The van der Waals surface area contributed by atoms with Crippen LogP contribution >= 0.6 is 23.5 Å². The molecule has 2 N–H and O–H groups in total. The second kappa shape index (κ2) is 6.46. The number of aromatic amines is 1.